The van der Waals surface area contributed by atoms with E-state index in [9.17, 15) is 14.3 Å². The number of halogens is 1. The molecule has 0 spiro atoms. The molecule has 2 aliphatic heterocycles. The Hall–Kier alpha value is -2.68. The number of hydrogen-bond donors (Lipinski definition) is 1. The van der Waals surface area contributed by atoms with Crippen LogP contribution in [0.3, 0.4) is 0 Å². The van der Waals surface area contributed by atoms with Gasteiger partial charge < -0.3 is 24.2 Å². The van der Waals surface area contributed by atoms with Crippen molar-refractivity contribution in [3.63, 3.8) is 0 Å². The fourth-order valence-electron chi connectivity index (χ4n) is 4.37. The van der Waals surface area contributed by atoms with Crippen LogP contribution in [0.1, 0.15) is 24.8 Å². The molecule has 0 aliphatic carbocycles. The Bertz CT molecular complexity index is 958. The van der Waals surface area contributed by atoms with Gasteiger partial charge in [0.2, 0.25) is 5.91 Å². The molecule has 2 aliphatic rings. The zero-order valence-electron chi connectivity index (χ0n) is 19.5. The van der Waals surface area contributed by atoms with E-state index in [0.29, 0.717) is 45.0 Å². The van der Waals surface area contributed by atoms with Gasteiger partial charge in [-0.15, -0.1) is 0 Å². The molecule has 4 rings (SSSR count). The molecule has 0 unspecified atom stereocenters. The van der Waals surface area contributed by atoms with Crippen LogP contribution in [0.15, 0.2) is 48.5 Å². The minimum atomic E-state index is -1.20. The Morgan fingerprint density at radius 1 is 1.09 bits per heavy atom. The standard InChI is InChI=1S/C26H33FN2O5/c27-22-6-2-8-24(16-22)34-20-26(31)18-28(12-14-32-19-26)17-21-5-1-7-23(15-21)33-13-4-11-29-10-3-9-25(29)30/h1-2,5-8,15-16,31H,3-4,9-14,17-20H2/t26-/m1/s1. The van der Waals surface area contributed by atoms with Crippen LogP contribution in [0.5, 0.6) is 11.5 Å². The van der Waals surface area contributed by atoms with Gasteiger partial charge in [0.05, 0.1) is 19.8 Å². The van der Waals surface area contributed by atoms with Gasteiger partial charge in [0, 0.05) is 45.2 Å². The molecule has 2 aromatic carbocycles. The van der Waals surface area contributed by atoms with Crippen molar-refractivity contribution in [3.05, 3.63) is 59.9 Å². The molecule has 0 saturated carbocycles. The lowest BCUT2D eigenvalue weighted by Gasteiger charge is -2.30. The highest BCUT2D eigenvalue weighted by Gasteiger charge is 2.33. The first-order valence-corrected chi connectivity index (χ1v) is 11.9. The van der Waals surface area contributed by atoms with Crippen molar-refractivity contribution >= 4 is 5.91 Å². The molecule has 2 saturated heterocycles. The third-order valence-corrected chi connectivity index (χ3v) is 6.06. The molecular formula is C26H33FN2O5. The summed E-state index contributed by atoms with van der Waals surface area (Å²) in [6.45, 7) is 4.50. The van der Waals surface area contributed by atoms with E-state index in [2.05, 4.69) is 4.90 Å². The smallest absolute Gasteiger partial charge is 0.222 e. The quantitative estimate of drug-likeness (QED) is 0.537. The predicted octanol–water partition coefficient (Wildman–Crippen LogP) is 2.86. The van der Waals surface area contributed by atoms with E-state index in [4.69, 9.17) is 14.2 Å². The first-order valence-electron chi connectivity index (χ1n) is 11.9. The molecule has 0 aromatic heterocycles. The topological polar surface area (TPSA) is 71.5 Å². The maximum atomic E-state index is 13.4. The van der Waals surface area contributed by atoms with Crippen LogP contribution in [0.25, 0.3) is 0 Å². The second-order valence-corrected chi connectivity index (χ2v) is 9.07. The van der Waals surface area contributed by atoms with Crippen molar-refractivity contribution in [3.8, 4) is 11.5 Å². The zero-order chi connectivity index (χ0) is 23.8. The molecule has 8 heteroatoms. The third-order valence-electron chi connectivity index (χ3n) is 6.06. The number of amides is 1. The lowest BCUT2D eigenvalue weighted by Crippen LogP contribution is -2.48. The lowest BCUT2D eigenvalue weighted by atomic mass is 10.1. The number of likely N-dealkylation sites (tertiary alicyclic amines) is 1. The molecule has 0 radical (unpaired) electrons. The summed E-state index contributed by atoms with van der Waals surface area (Å²) < 4.78 is 30.6. The van der Waals surface area contributed by atoms with Gasteiger partial charge in [0.15, 0.2) is 0 Å². The number of rotatable bonds is 10. The summed E-state index contributed by atoms with van der Waals surface area (Å²) in [4.78, 5) is 15.7. The largest absolute Gasteiger partial charge is 0.494 e. The van der Waals surface area contributed by atoms with E-state index >= 15 is 0 Å². The molecule has 2 fully saturated rings. The van der Waals surface area contributed by atoms with Gasteiger partial charge >= 0.3 is 0 Å². The molecule has 2 heterocycles. The van der Waals surface area contributed by atoms with Gasteiger partial charge in [-0.2, -0.15) is 0 Å². The number of aliphatic hydroxyl groups is 1. The first-order chi connectivity index (χ1) is 16.5. The van der Waals surface area contributed by atoms with Crippen LogP contribution in [-0.4, -0.2) is 79.0 Å². The summed E-state index contributed by atoms with van der Waals surface area (Å²) in [6.07, 6.45) is 2.42. The summed E-state index contributed by atoms with van der Waals surface area (Å²) >= 11 is 0. The van der Waals surface area contributed by atoms with Crippen molar-refractivity contribution in [2.45, 2.75) is 31.4 Å². The average Bonchev–Trinajstić information content (AvgIpc) is 3.13. The van der Waals surface area contributed by atoms with E-state index < -0.39 is 5.60 Å². The van der Waals surface area contributed by atoms with Crippen molar-refractivity contribution in [1.82, 2.24) is 9.80 Å². The number of ether oxygens (including phenoxy) is 3. The van der Waals surface area contributed by atoms with Gasteiger partial charge in [-0.25, -0.2) is 4.39 Å². The fourth-order valence-corrected chi connectivity index (χ4v) is 4.37. The molecule has 1 amide bonds. The lowest BCUT2D eigenvalue weighted by molar-refractivity contribution is -0.127. The minimum Gasteiger partial charge on any atom is -0.494 e. The first kappa shape index (κ1) is 24.4. The second kappa shape index (κ2) is 11.6. The number of carbonyl (C=O) groups excluding carboxylic acids is 1. The van der Waals surface area contributed by atoms with Crippen molar-refractivity contribution in [2.24, 2.45) is 0 Å². The number of hydrogen-bond acceptors (Lipinski definition) is 6. The Labute approximate surface area is 200 Å². The van der Waals surface area contributed by atoms with Crippen LogP contribution in [0.2, 0.25) is 0 Å². The summed E-state index contributed by atoms with van der Waals surface area (Å²) in [5.74, 6) is 1.03. The van der Waals surface area contributed by atoms with Crippen LogP contribution < -0.4 is 9.47 Å². The van der Waals surface area contributed by atoms with E-state index in [1.165, 1.54) is 12.1 Å². The van der Waals surface area contributed by atoms with Crippen LogP contribution >= 0.6 is 0 Å². The monoisotopic (exact) mass is 472 g/mol. The summed E-state index contributed by atoms with van der Waals surface area (Å²) in [6, 6.07) is 13.8. The second-order valence-electron chi connectivity index (χ2n) is 9.07. The molecule has 184 valence electrons. The Kier molecular flexibility index (Phi) is 8.37. The van der Waals surface area contributed by atoms with Gasteiger partial charge in [0.1, 0.15) is 29.5 Å². The number of β-amino-alcohol motifs (C(OH)–C–C–N with tert-alkyl or cyclic N) is 1. The molecular weight excluding hydrogens is 439 g/mol. The minimum absolute atomic E-state index is 0.00955. The summed E-state index contributed by atoms with van der Waals surface area (Å²) in [5, 5.41) is 11.1. The Morgan fingerprint density at radius 2 is 1.91 bits per heavy atom. The molecule has 2 aromatic rings. The normalized spacial score (nSPS) is 21.5. The SMILES string of the molecule is O=C1CCCN1CCCOc1cccc(CN2CCOC[C@@](O)(COc3cccc(F)c3)C2)c1. The van der Waals surface area contributed by atoms with E-state index in [1.807, 2.05) is 29.2 Å². The van der Waals surface area contributed by atoms with Crippen molar-refractivity contribution in [2.75, 3.05) is 52.6 Å². The predicted molar refractivity (Wildman–Crippen MR) is 125 cm³/mol. The maximum absolute atomic E-state index is 13.4. The highest BCUT2D eigenvalue weighted by atomic mass is 19.1. The third kappa shape index (κ3) is 7.16. The maximum Gasteiger partial charge on any atom is 0.222 e. The zero-order valence-corrected chi connectivity index (χ0v) is 19.5. The average molecular weight is 473 g/mol. The van der Waals surface area contributed by atoms with Gasteiger partial charge in [0.25, 0.3) is 0 Å². The van der Waals surface area contributed by atoms with E-state index in [0.717, 1.165) is 37.2 Å². The van der Waals surface area contributed by atoms with Crippen LogP contribution in [-0.2, 0) is 16.1 Å². The number of carbonyl (C=O) groups is 1. The van der Waals surface area contributed by atoms with Crippen LogP contribution in [0.4, 0.5) is 4.39 Å². The summed E-state index contributed by atoms with van der Waals surface area (Å²) in [7, 11) is 0. The van der Waals surface area contributed by atoms with Crippen molar-refractivity contribution < 1.29 is 28.5 Å². The number of benzene rings is 2. The van der Waals surface area contributed by atoms with E-state index in [-0.39, 0.29) is 24.9 Å². The molecule has 0 bridgehead atoms. The van der Waals surface area contributed by atoms with Crippen LogP contribution in [0, 0.1) is 5.82 Å². The van der Waals surface area contributed by atoms with Crippen molar-refractivity contribution in [1.29, 1.82) is 0 Å². The van der Waals surface area contributed by atoms with Gasteiger partial charge in [-0.3, -0.25) is 9.69 Å². The Morgan fingerprint density at radius 3 is 2.71 bits per heavy atom. The Balaban J connectivity index is 1.27. The molecule has 7 nitrogen and oxygen atoms in total. The molecule has 34 heavy (non-hydrogen) atoms. The molecule has 1 atom stereocenters. The van der Waals surface area contributed by atoms with E-state index in [1.54, 1.807) is 12.1 Å². The molecule has 1 N–H and O–H groups in total. The summed E-state index contributed by atoms with van der Waals surface area (Å²) in [5.41, 5.74) is -0.133. The highest BCUT2D eigenvalue weighted by molar-refractivity contribution is 5.77. The fraction of sp³-hybridized carbons (Fsp3) is 0.500. The van der Waals surface area contributed by atoms with Gasteiger partial charge in [-0.05, 0) is 42.7 Å². The number of nitrogens with zero attached hydrogens (tertiary/aromatic N) is 2. The highest BCUT2D eigenvalue weighted by Crippen LogP contribution is 2.21. The van der Waals surface area contributed by atoms with Gasteiger partial charge in [-0.1, -0.05) is 18.2 Å².